The number of nitrogens with zero attached hydrogens (tertiary/aromatic N) is 2. The molecule has 0 bridgehead atoms. The number of benzene rings is 1. The average Bonchev–Trinajstić information content (AvgIpc) is 3.09. The van der Waals surface area contributed by atoms with E-state index in [4.69, 9.17) is 4.42 Å². The minimum Gasteiger partial charge on any atom is -0.468 e. The summed E-state index contributed by atoms with van der Waals surface area (Å²) >= 11 is 0. The first kappa shape index (κ1) is 21.4. The summed E-state index contributed by atoms with van der Waals surface area (Å²) in [6, 6.07) is 10.5. The van der Waals surface area contributed by atoms with Gasteiger partial charge in [-0.2, -0.15) is 0 Å². The van der Waals surface area contributed by atoms with Crippen LogP contribution in [0.25, 0.3) is 0 Å². The number of furan rings is 1. The molecule has 1 aromatic carbocycles. The Morgan fingerprint density at radius 1 is 1.20 bits per heavy atom. The first-order valence-electron chi connectivity index (χ1n) is 7.99. The van der Waals surface area contributed by atoms with Crippen LogP contribution in [0.15, 0.2) is 52.1 Å². The van der Waals surface area contributed by atoms with E-state index in [1.807, 2.05) is 26.2 Å². The van der Waals surface area contributed by atoms with Gasteiger partial charge in [0.25, 0.3) is 0 Å². The molecular formula is C18H26FIN4O. The van der Waals surface area contributed by atoms with Crippen LogP contribution in [0.5, 0.6) is 0 Å². The smallest absolute Gasteiger partial charge is 0.191 e. The zero-order chi connectivity index (χ0) is 17.4. The van der Waals surface area contributed by atoms with Crippen LogP contribution in [-0.4, -0.2) is 45.1 Å². The lowest BCUT2D eigenvalue weighted by Crippen LogP contribution is -2.42. The highest BCUT2D eigenvalue weighted by Gasteiger charge is 2.17. The van der Waals surface area contributed by atoms with E-state index in [0.717, 1.165) is 30.2 Å². The van der Waals surface area contributed by atoms with Crippen molar-refractivity contribution in [3.8, 4) is 0 Å². The third-order valence-electron chi connectivity index (χ3n) is 3.80. The second-order valence-corrected chi connectivity index (χ2v) is 5.75. The Morgan fingerprint density at radius 3 is 2.48 bits per heavy atom. The third kappa shape index (κ3) is 7.03. The molecule has 7 heteroatoms. The van der Waals surface area contributed by atoms with Crippen molar-refractivity contribution in [3.05, 3.63) is 59.8 Å². The Bertz CT molecular complexity index is 629. The van der Waals surface area contributed by atoms with E-state index in [0.29, 0.717) is 6.54 Å². The quantitative estimate of drug-likeness (QED) is 0.379. The SMILES string of the molecule is CN=C(NCCc1ccc(F)cc1)NCC(c1ccco1)N(C)C.I. The summed E-state index contributed by atoms with van der Waals surface area (Å²) in [4.78, 5) is 6.33. The number of halogens is 2. The third-order valence-corrected chi connectivity index (χ3v) is 3.80. The first-order chi connectivity index (χ1) is 11.6. The van der Waals surface area contributed by atoms with Crippen LogP contribution in [0.3, 0.4) is 0 Å². The Balaban J connectivity index is 0.00000312. The van der Waals surface area contributed by atoms with Crippen LogP contribution in [0.2, 0.25) is 0 Å². The molecule has 2 rings (SSSR count). The topological polar surface area (TPSA) is 52.8 Å². The van der Waals surface area contributed by atoms with E-state index in [1.165, 1.54) is 12.1 Å². The van der Waals surface area contributed by atoms with E-state index in [1.54, 1.807) is 25.4 Å². The molecule has 1 aromatic heterocycles. The second kappa shape index (κ2) is 11.1. The molecule has 0 aliphatic carbocycles. The highest BCUT2D eigenvalue weighted by atomic mass is 127. The molecule has 0 saturated heterocycles. The molecule has 1 unspecified atom stereocenters. The number of hydrogen-bond donors (Lipinski definition) is 2. The Morgan fingerprint density at radius 2 is 1.92 bits per heavy atom. The summed E-state index contributed by atoms with van der Waals surface area (Å²) in [5.74, 6) is 1.43. The Hall–Kier alpha value is -1.61. The molecule has 1 heterocycles. The van der Waals surface area contributed by atoms with E-state index in [-0.39, 0.29) is 35.8 Å². The first-order valence-corrected chi connectivity index (χ1v) is 7.99. The van der Waals surface area contributed by atoms with Gasteiger partial charge in [-0.3, -0.25) is 9.89 Å². The Kier molecular flexibility index (Phi) is 9.51. The molecule has 0 saturated carbocycles. The van der Waals surface area contributed by atoms with Crippen molar-refractivity contribution in [1.29, 1.82) is 0 Å². The number of likely N-dealkylation sites (N-methyl/N-ethyl adjacent to an activating group) is 1. The van der Waals surface area contributed by atoms with Gasteiger partial charge in [-0.1, -0.05) is 12.1 Å². The van der Waals surface area contributed by atoms with Gasteiger partial charge < -0.3 is 15.1 Å². The minimum absolute atomic E-state index is 0. The molecule has 0 spiro atoms. The van der Waals surface area contributed by atoms with Gasteiger partial charge in [0.05, 0.1) is 12.3 Å². The summed E-state index contributed by atoms with van der Waals surface area (Å²) < 4.78 is 18.4. The van der Waals surface area contributed by atoms with Gasteiger partial charge in [0, 0.05) is 20.1 Å². The molecule has 5 nitrogen and oxygen atoms in total. The van der Waals surface area contributed by atoms with Crippen LogP contribution in [0.4, 0.5) is 4.39 Å². The molecule has 138 valence electrons. The summed E-state index contributed by atoms with van der Waals surface area (Å²) in [6.07, 6.45) is 2.48. The van der Waals surface area contributed by atoms with Crippen LogP contribution in [-0.2, 0) is 6.42 Å². The van der Waals surface area contributed by atoms with Gasteiger partial charge in [0.2, 0.25) is 0 Å². The van der Waals surface area contributed by atoms with Crippen molar-refractivity contribution in [1.82, 2.24) is 15.5 Å². The normalized spacial score (nSPS) is 12.6. The van der Waals surface area contributed by atoms with E-state index >= 15 is 0 Å². The highest BCUT2D eigenvalue weighted by molar-refractivity contribution is 14.0. The molecule has 1 atom stereocenters. The predicted octanol–water partition coefficient (Wildman–Crippen LogP) is 3.05. The highest BCUT2D eigenvalue weighted by Crippen LogP contribution is 2.17. The van der Waals surface area contributed by atoms with Gasteiger partial charge in [-0.15, -0.1) is 24.0 Å². The molecule has 0 radical (unpaired) electrons. The van der Waals surface area contributed by atoms with Gasteiger partial charge in [-0.05, 0) is 50.3 Å². The van der Waals surface area contributed by atoms with Crippen molar-refractivity contribution in [2.24, 2.45) is 4.99 Å². The standard InChI is InChI=1S/C18H25FN4O.HI/c1-20-18(21-11-10-14-6-8-15(19)9-7-14)22-13-16(23(2)3)17-5-4-12-24-17;/h4-9,12,16H,10-11,13H2,1-3H3,(H2,20,21,22);1H. The zero-order valence-corrected chi connectivity index (χ0v) is 17.2. The molecule has 0 amide bonds. The molecular weight excluding hydrogens is 434 g/mol. The minimum atomic E-state index is -0.211. The summed E-state index contributed by atoms with van der Waals surface area (Å²) in [5.41, 5.74) is 1.08. The number of nitrogens with one attached hydrogen (secondary N) is 2. The van der Waals surface area contributed by atoms with Gasteiger partial charge >= 0.3 is 0 Å². The summed E-state index contributed by atoms with van der Waals surface area (Å²) in [6.45, 7) is 1.40. The lowest BCUT2D eigenvalue weighted by molar-refractivity contribution is 0.258. The molecule has 0 aliphatic heterocycles. The monoisotopic (exact) mass is 460 g/mol. The second-order valence-electron chi connectivity index (χ2n) is 5.75. The lowest BCUT2D eigenvalue weighted by atomic mass is 10.1. The molecule has 0 fully saturated rings. The van der Waals surface area contributed by atoms with Crippen molar-refractivity contribution < 1.29 is 8.81 Å². The summed E-state index contributed by atoms with van der Waals surface area (Å²) in [5, 5.41) is 6.58. The number of hydrogen-bond acceptors (Lipinski definition) is 3. The van der Waals surface area contributed by atoms with E-state index < -0.39 is 0 Å². The van der Waals surface area contributed by atoms with E-state index in [2.05, 4.69) is 20.5 Å². The largest absolute Gasteiger partial charge is 0.468 e. The summed E-state index contributed by atoms with van der Waals surface area (Å²) in [7, 11) is 5.77. The molecule has 2 N–H and O–H groups in total. The van der Waals surface area contributed by atoms with Crippen molar-refractivity contribution in [3.63, 3.8) is 0 Å². The number of aliphatic imine (C=N–C) groups is 1. The maximum Gasteiger partial charge on any atom is 0.191 e. The number of guanidine groups is 1. The fourth-order valence-electron chi connectivity index (χ4n) is 2.41. The van der Waals surface area contributed by atoms with Crippen LogP contribution in [0, 0.1) is 5.82 Å². The van der Waals surface area contributed by atoms with Crippen LogP contribution in [0.1, 0.15) is 17.4 Å². The van der Waals surface area contributed by atoms with Gasteiger partial charge in [0.1, 0.15) is 11.6 Å². The van der Waals surface area contributed by atoms with Crippen molar-refractivity contribution in [2.45, 2.75) is 12.5 Å². The fourth-order valence-corrected chi connectivity index (χ4v) is 2.41. The number of rotatable bonds is 7. The maximum absolute atomic E-state index is 12.9. The average molecular weight is 460 g/mol. The predicted molar refractivity (Wildman–Crippen MR) is 110 cm³/mol. The molecule has 25 heavy (non-hydrogen) atoms. The molecule has 2 aromatic rings. The van der Waals surface area contributed by atoms with Crippen LogP contribution < -0.4 is 10.6 Å². The van der Waals surface area contributed by atoms with Crippen molar-refractivity contribution in [2.75, 3.05) is 34.2 Å². The molecule has 0 aliphatic rings. The van der Waals surface area contributed by atoms with Gasteiger partial charge in [0.15, 0.2) is 5.96 Å². The Labute approximate surface area is 165 Å². The van der Waals surface area contributed by atoms with E-state index in [9.17, 15) is 4.39 Å². The zero-order valence-electron chi connectivity index (χ0n) is 14.8. The van der Waals surface area contributed by atoms with Crippen molar-refractivity contribution >= 4 is 29.9 Å². The fraction of sp³-hybridized carbons (Fsp3) is 0.389. The van der Waals surface area contributed by atoms with Gasteiger partial charge in [-0.25, -0.2) is 4.39 Å². The lowest BCUT2D eigenvalue weighted by Gasteiger charge is -2.23. The maximum atomic E-state index is 12.9. The van der Waals surface area contributed by atoms with Crippen LogP contribution >= 0.6 is 24.0 Å².